The number of carbonyl (C=O) groups is 2. The molecule has 0 N–H and O–H groups in total. The van der Waals surface area contributed by atoms with E-state index in [1.54, 1.807) is 0 Å². The fourth-order valence-corrected chi connectivity index (χ4v) is 1.07. The summed E-state index contributed by atoms with van der Waals surface area (Å²) in [7, 11) is 0. The van der Waals surface area contributed by atoms with E-state index in [0.29, 0.717) is 12.2 Å². The molecular weight excluding hydrogens is 341 g/mol. The van der Waals surface area contributed by atoms with E-state index in [2.05, 4.69) is 0 Å². The van der Waals surface area contributed by atoms with Gasteiger partial charge < -0.3 is 14.6 Å². The van der Waals surface area contributed by atoms with Gasteiger partial charge in [0.05, 0.1) is 18.1 Å². The van der Waals surface area contributed by atoms with Gasteiger partial charge in [0.2, 0.25) is 0 Å². The first-order valence-corrected chi connectivity index (χ1v) is 4.99. The number of hydrogen-bond acceptors (Lipinski definition) is 4. The maximum atomic E-state index is 11.4. The Kier molecular flexibility index (Phi) is 8.44. The summed E-state index contributed by atoms with van der Waals surface area (Å²) in [6.07, 6.45) is 0. The van der Waals surface area contributed by atoms with Crippen molar-refractivity contribution in [3.05, 3.63) is 35.4 Å². The monoisotopic (exact) mass is 354 g/mol. The van der Waals surface area contributed by atoms with Crippen LogP contribution in [0, 0.1) is 5.92 Å². The van der Waals surface area contributed by atoms with Crippen LogP contribution in [0.2, 0.25) is 0 Å². The molecule has 0 aromatic heterocycles. The number of ether oxygens (including phenoxy) is 1. The number of benzene rings is 1. The van der Waals surface area contributed by atoms with Crippen LogP contribution in [0.4, 0.5) is 0 Å². The molecule has 0 aliphatic carbocycles. The van der Waals surface area contributed by atoms with Crippen molar-refractivity contribution in [2.24, 2.45) is 5.92 Å². The van der Waals surface area contributed by atoms with Crippen LogP contribution in [0.5, 0.6) is 0 Å². The normalized spacial score (nSPS) is 9.59. The van der Waals surface area contributed by atoms with Crippen molar-refractivity contribution in [2.45, 2.75) is 13.8 Å². The van der Waals surface area contributed by atoms with Crippen LogP contribution < -0.4 is 74.0 Å². The van der Waals surface area contributed by atoms with E-state index in [0.717, 1.165) is 0 Å². The van der Waals surface area contributed by atoms with Crippen LogP contribution in [0.25, 0.3) is 0 Å². The molecule has 0 radical (unpaired) electrons. The van der Waals surface area contributed by atoms with Gasteiger partial charge in [-0.2, -0.15) is 0 Å². The third-order valence-electron chi connectivity index (χ3n) is 1.90. The number of carboxylic acids is 1. The van der Waals surface area contributed by atoms with Crippen molar-refractivity contribution >= 4 is 11.9 Å². The smallest absolute Gasteiger partial charge is 0.545 e. The largest absolute Gasteiger partial charge is 1.00 e. The Labute approximate surface area is 159 Å². The Morgan fingerprint density at radius 1 is 1.18 bits per heavy atom. The fraction of sp³-hybridized carbons (Fsp3) is 0.333. The van der Waals surface area contributed by atoms with E-state index in [-0.39, 0.29) is 80.4 Å². The van der Waals surface area contributed by atoms with E-state index in [1.807, 2.05) is 13.8 Å². The van der Waals surface area contributed by atoms with Gasteiger partial charge in [0.15, 0.2) is 0 Å². The second-order valence-electron chi connectivity index (χ2n) is 3.86. The SMILES string of the molecule is CC(C)COC(=O)c1ccc(C(=O)[O-])cc1.[Cs+]. The van der Waals surface area contributed by atoms with Crippen molar-refractivity contribution in [2.75, 3.05) is 6.61 Å². The molecule has 0 fully saturated rings. The molecule has 0 aliphatic heterocycles. The van der Waals surface area contributed by atoms with Crippen LogP contribution in [-0.2, 0) is 4.74 Å². The van der Waals surface area contributed by atoms with Gasteiger partial charge in [-0.15, -0.1) is 0 Å². The molecular formula is C12H13CsO4. The molecule has 0 amide bonds. The minimum atomic E-state index is -1.26. The molecule has 0 unspecified atom stereocenters. The average Bonchev–Trinajstić information content (AvgIpc) is 2.26. The number of hydrogen-bond donors (Lipinski definition) is 0. The summed E-state index contributed by atoms with van der Waals surface area (Å²) < 4.78 is 4.99. The van der Waals surface area contributed by atoms with Gasteiger partial charge >= 0.3 is 74.9 Å². The van der Waals surface area contributed by atoms with Crippen LogP contribution >= 0.6 is 0 Å². The molecule has 17 heavy (non-hydrogen) atoms. The molecule has 86 valence electrons. The molecule has 0 spiro atoms. The molecule has 4 nitrogen and oxygen atoms in total. The Bertz CT molecular complexity index is 384. The minimum absolute atomic E-state index is 0. The summed E-state index contributed by atoms with van der Waals surface area (Å²) in [5, 5.41) is 10.5. The maximum absolute atomic E-state index is 11.4. The molecule has 0 saturated carbocycles. The zero-order valence-electron chi connectivity index (χ0n) is 10.2. The fourth-order valence-electron chi connectivity index (χ4n) is 1.07. The summed E-state index contributed by atoms with van der Waals surface area (Å²) in [5.41, 5.74) is 0.381. The van der Waals surface area contributed by atoms with Gasteiger partial charge in [-0.3, -0.25) is 0 Å². The maximum Gasteiger partial charge on any atom is 1.00 e. The van der Waals surface area contributed by atoms with Crippen LogP contribution in [0.1, 0.15) is 34.6 Å². The first-order valence-electron chi connectivity index (χ1n) is 4.99. The molecule has 1 aromatic rings. The van der Waals surface area contributed by atoms with Crippen molar-refractivity contribution in [3.63, 3.8) is 0 Å². The Balaban J connectivity index is 0.00000256. The van der Waals surface area contributed by atoms with Crippen molar-refractivity contribution in [1.82, 2.24) is 0 Å². The Morgan fingerprint density at radius 2 is 1.65 bits per heavy atom. The molecule has 5 heteroatoms. The number of carbonyl (C=O) groups excluding carboxylic acids is 2. The minimum Gasteiger partial charge on any atom is -0.545 e. The number of aromatic carboxylic acids is 1. The molecule has 0 bridgehead atoms. The Hall–Kier alpha value is 0.212. The van der Waals surface area contributed by atoms with Gasteiger partial charge in [-0.05, 0) is 23.6 Å². The topological polar surface area (TPSA) is 66.4 Å². The summed E-state index contributed by atoms with van der Waals surface area (Å²) in [6.45, 7) is 4.22. The second kappa shape index (κ2) is 8.34. The van der Waals surface area contributed by atoms with Crippen molar-refractivity contribution < 1.29 is 88.3 Å². The summed E-state index contributed by atoms with van der Waals surface area (Å²) in [6, 6.07) is 5.46. The molecule has 1 rings (SSSR count). The predicted octanol–water partition coefficient (Wildman–Crippen LogP) is -2.13. The molecule has 0 saturated heterocycles. The third kappa shape index (κ3) is 6.08. The van der Waals surface area contributed by atoms with Crippen LogP contribution in [-0.4, -0.2) is 18.5 Å². The van der Waals surface area contributed by atoms with E-state index in [9.17, 15) is 14.7 Å². The molecule has 0 aliphatic rings. The van der Waals surface area contributed by atoms with Crippen LogP contribution in [0.3, 0.4) is 0 Å². The second-order valence-corrected chi connectivity index (χ2v) is 3.86. The van der Waals surface area contributed by atoms with Gasteiger partial charge in [0.25, 0.3) is 0 Å². The van der Waals surface area contributed by atoms with E-state index in [4.69, 9.17) is 4.74 Å². The predicted molar refractivity (Wildman–Crippen MR) is 55.9 cm³/mol. The summed E-state index contributed by atoms with van der Waals surface area (Å²) in [5.74, 6) is -1.44. The first-order chi connectivity index (χ1) is 7.50. The van der Waals surface area contributed by atoms with Crippen molar-refractivity contribution in [3.8, 4) is 0 Å². The van der Waals surface area contributed by atoms with Gasteiger partial charge in [0, 0.05) is 0 Å². The van der Waals surface area contributed by atoms with Gasteiger partial charge in [-0.25, -0.2) is 4.79 Å². The summed E-state index contributed by atoms with van der Waals surface area (Å²) in [4.78, 5) is 21.9. The van der Waals surface area contributed by atoms with E-state index < -0.39 is 11.9 Å². The average molecular weight is 354 g/mol. The zero-order chi connectivity index (χ0) is 12.1. The number of rotatable bonds is 4. The van der Waals surface area contributed by atoms with Gasteiger partial charge in [-0.1, -0.05) is 26.0 Å². The Morgan fingerprint density at radius 3 is 2.06 bits per heavy atom. The quantitative estimate of drug-likeness (QED) is 0.580. The molecule has 0 heterocycles. The summed E-state index contributed by atoms with van der Waals surface area (Å²) >= 11 is 0. The van der Waals surface area contributed by atoms with Crippen molar-refractivity contribution in [1.29, 1.82) is 0 Å². The number of carboxylic acid groups (broad SMARTS) is 1. The van der Waals surface area contributed by atoms with Crippen LogP contribution in [0.15, 0.2) is 24.3 Å². The van der Waals surface area contributed by atoms with Gasteiger partial charge in [0.1, 0.15) is 0 Å². The molecule has 1 aromatic carbocycles. The van der Waals surface area contributed by atoms with E-state index in [1.165, 1.54) is 24.3 Å². The third-order valence-corrected chi connectivity index (χ3v) is 1.90. The molecule has 0 atom stereocenters. The van der Waals surface area contributed by atoms with E-state index >= 15 is 0 Å². The number of esters is 1. The first kappa shape index (κ1) is 17.2. The zero-order valence-corrected chi connectivity index (χ0v) is 16.5. The standard InChI is InChI=1S/C12H14O4.Cs/c1-8(2)7-16-12(15)10-5-3-9(4-6-10)11(13)14;/h3-6,8H,7H2,1-2H3,(H,13,14);/q;+1/p-1.